The molecule has 2 aromatic rings. The molecule has 2 rings (SSSR count). The van der Waals surface area contributed by atoms with Crippen LogP contribution >= 0.6 is 15.9 Å². The van der Waals surface area contributed by atoms with Gasteiger partial charge >= 0.3 is 6.61 Å². The van der Waals surface area contributed by atoms with Gasteiger partial charge < -0.3 is 10.1 Å². The molecule has 0 heterocycles. The topological polar surface area (TPSA) is 21.3 Å². The normalized spacial score (nSPS) is 10.9. The first-order valence-electron chi connectivity index (χ1n) is 6.54. The van der Waals surface area contributed by atoms with Crippen LogP contribution < -0.4 is 10.1 Å². The molecular formula is C16H16BrF2NO. The monoisotopic (exact) mass is 355 g/mol. The standard InChI is InChI=1S/C16H16BrF2NO/c1-11-8-12(6-7-14(11)17)9-20-10-13-4-2-3-5-15(13)21-16(18)19/h2-8,16,20H,9-10H2,1H3. The highest BCUT2D eigenvalue weighted by Gasteiger charge is 2.08. The lowest BCUT2D eigenvalue weighted by Gasteiger charge is -2.11. The van der Waals surface area contributed by atoms with Crippen molar-refractivity contribution >= 4 is 15.9 Å². The zero-order chi connectivity index (χ0) is 15.2. The van der Waals surface area contributed by atoms with Gasteiger partial charge in [-0.2, -0.15) is 8.78 Å². The Bertz CT molecular complexity index is 605. The summed E-state index contributed by atoms with van der Waals surface area (Å²) in [6, 6.07) is 12.9. The van der Waals surface area contributed by atoms with Crippen molar-refractivity contribution in [3.8, 4) is 5.75 Å². The Balaban J connectivity index is 1.95. The van der Waals surface area contributed by atoms with Gasteiger partial charge in [-0.05, 0) is 30.2 Å². The van der Waals surface area contributed by atoms with Gasteiger partial charge in [-0.25, -0.2) is 0 Å². The fourth-order valence-corrected chi connectivity index (χ4v) is 2.27. The van der Waals surface area contributed by atoms with Crippen molar-refractivity contribution in [1.82, 2.24) is 5.32 Å². The summed E-state index contributed by atoms with van der Waals surface area (Å²) < 4.78 is 30.2. The Morgan fingerprint density at radius 3 is 2.62 bits per heavy atom. The number of hydrogen-bond acceptors (Lipinski definition) is 2. The number of rotatable bonds is 6. The van der Waals surface area contributed by atoms with E-state index in [4.69, 9.17) is 0 Å². The molecule has 0 radical (unpaired) electrons. The number of ether oxygens (including phenoxy) is 1. The van der Waals surface area contributed by atoms with Crippen LogP contribution in [0.2, 0.25) is 0 Å². The van der Waals surface area contributed by atoms with Crippen molar-refractivity contribution < 1.29 is 13.5 Å². The molecule has 0 saturated heterocycles. The van der Waals surface area contributed by atoms with E-state index in [2.05, 4.69) is 32.0 Å². The molecular weight excluding hydrogens is 340 g/mol. The fourth-order valence-electron chi connectivity index (χ4n) is 2.02. The lowest BCUT2D eigenvalue weighted by Crippen LogP contribution is -2.14. The van der Waals surface area contributed by atoms with Gasteiger partial charge in [-0.3, -0.25) is 0 Å². The first-order valence-corrected chi connectivity index (χ1v) is 7.34. The van der Waals surface area contributed by atoms with Gasteiger partial charge in [0, 0.05) is 23.1 Å². The van der Waals surface area contributed by atoms with E-state index < -0.39 is 6.61 Å². The molecule has 0 aromatic heterocycles. The average molecular weight is 356 g/mol. The Morgan fingerprint density at radius 1 is 1.14 bits per heavy atom. The summed E-state index contributed by atoms with van der Waals surface area (Å²) in [5.41, 5.74) is 3.02. The molecule has 0 atom stereocenters. The third-order valence-electron chi connectivity index (χ3n) is 3.06. The molecule has 0 bridgehead atoms. The molecule has 1 N–H and O–H groups in total. The van der Waals surface area contributed by atoms with Crippen LogP contribution in [0.4, 0.5) is 8.78 Å². The van der Waals surface area contributed by atoms with Crippen molar-refractivity contribution in [2.24, 2.45) is 0 Å². The number of benzene rings is 2. The lowest BCUT2D eigenvalue weighted by atomic mass is 10.1. The van der Waals surface area contributed by atoms with Crippen LogP contribution in [0.1, 0.15) is 16.7 Å². The Hall–Kier alpha value is -1.46. The summed E-state index contributed by atoms with van der Waals surface area (Å²) in [6.45, 7) is 0.356. The second-order valence-corrected chi connectivity index (χ2v) is 5.53. The van der Waals surface area contributed by atoms with E-state index in [1.165, 1.54) is 0 Å². The van der Waals surface area contributed by atoms with Gasteiger partial charge in [-0.1, -0.05) is 46.3 Å². The van der Waals surface area contributed by atoms with E-state index in [0.29, 0.717) is 18.7 Å². The van der Waals surface area contributed by atoms with Gasteiger partial charge in [-0.15, -0.1) is 0 Å². The third-order valence-corrected chi connectivity index (χ3v) is 3.95. The number of aryl methyl sites for hydroxylation is 1. The molecule has 112 valence electrons. The zero-order valence-corrected chi connectivity index (χ0v) is 13.2. The fraction of sp³-hybridized carbons (Fsp3) is 0.250. The molecule has 2 aromatic carbocycles. The molecule has 0 spiro atoms. The van der Waals surface area contributed by atoms with Gasteiger partial charge in [0.2, 0.25) is 0 Å². The maximum atomic E-state index is 12.3. The molecule has 21 heavy (non-hydrogen) atoms. The smallest absolute Gasteiger partial charge is 0.387 e. The van der Waals surface area contributed by atoms with E-state index >= 15 is 0 Å². The number of para-hydroxylation sites is 1. The molecule has 0 aliphatic rings. The largest absolute Gasteiger partial charge is 0.434 e. The van der Waals surface area contributed by atoms with Crippen molar-refractivity contribution in [1.29, 1.82) is 0 Å². The number of nitrogens with one attached hydrogen (secondary N) is 1. The van der Waals surface area contributed by atoms with E-state index in [1.807, 2.05) is 19.1 Å². The summed E-state index contributed by atoms with van der Waals surface area (Å²) in [6.07, 6.45) is 0. The highest BCUT2D eigenvalue weighted by Crippen LogP contribution is 2.20. The molecule has 5 heteroatoms. The van der Waals surface area contributed by atoms with Crippen LogP contribution in [0.25, 0.3) is 0 Å². The molecule has 0 amide bonds. The van der Waals surface area contributed by atoms with Crippen LogP contribution in [0.15, 0.2) is 46.9 Å². The summed E-state index contributed by atoms with van der Waals surface area (Å²) >= 11 is 3.46. The SMILES string of the molecule is Cc1cc(CNCc2ccccc2OC(F)F)ccc1Br. The highest BCUT2D eigenvalue weighted by atomic mass is 79.9. The molecule has 0 saturated carbocycles. The van der Waals surface area contributed by atoms with Crippen LogP contribution in [0.5, 0.6) is 5.75 Å². The minimum Gasteiger partial charge on any atom is -0.434 e. The van der Waals surface area contributed by atoms with Crippen LogP contribution in [0.3, 0.4) is 0 Å². The second-order valence-electron chi connectivity index (χ2n) is 4.67. The van der Waals surface area contributed by atoms with Gasteiger partial charge in [0.25, 0.3) is 0 Å². The van der Waals surface area contributed by atoms with Crippen LogP contribution in [0, 0.1) is 6.92 Å². The summed E-state index contributed by atoms with van der Waals surface area (Å²) in [7, 11) is 0. The number of halogens is 3. The number of hydrogen-bond donors (Lipinski definition) is 1. The van der Waals surface area contributed by atoms with Gasteiger partial charge in [0.05, 0.1) is 0 Å². The van der Waals surface area contributed by atoms with Crippen molar-refractivity contribution in [2.45, 2.75) is 26.6 Å². The Labute approximate surface area is 131 Å². The Kier molecular flexibility index (Phi) is 5.70. The quantitative estimate of drug-likeness (QED) is 0.814. The lowest BCUT2D eigenvalue weighted by molar-refractivity contribution is -0.0505. The minimum atomic E-state index is -2.81. The molecule has 2 nitrogen and oxygen atoms in total. The van der Waals surface area contributed by atoms with Crippen molar-refractivity contribution in [3.63, 3.8) is 0 Å². The first kappa shape index (κ1) is 15.9. The summed E-state index contributed by atoms with van der Waals surface area (Å²) in [5.74, 6) is 0.215. The molecule has 0 aliphatic heterocycles. The first-order chi connectivity index (χ1) is 10.1. The molecule has 0 unspecified atom stereocenters. The number of alkyl halides is 2. The predicted molar refractivity (Wildman–Crippen MR) is 82.5 cm³/mol. The second kappa shape index (κ2) is 7.52. The Morgan fingerprint density at radius 2 is 1.90 bits per heavy atom. The third kappa shape index (κ3) is 4.79. The highest BCUT2D eigenvalue weighted by molar-refractivity contribution is 9.10. The molecule has 0 fully saturated rings. The maximum absolute atomic E-state index is 12.3. The summed E-state index contributed by atoms with van der Waals surface area (Å²) in [4.78, 5) is 0. The van der Waals surface area contributed by atoms with Gasteiger partial charge in [0.1, 0.15) is 5.75 Å². The van der Waals surface area contributed by atoms with E-state index in [9.17, 15) is 8.78 Å². The van der Waals surface area contributed by atoms with Crippen molar-refractivity contribution in [2.75, 3.05) is 0 Å². The zero-order valence-electron chi connectivity index (χ0n) is 11.6. The van der Waals surface area contributed by atoms with E-state index in [1.54, 1.807) is 24.3 Å². The van der Waals surface area contributed by atoms with Crippen molar-refractivity contribution in [3.05, 3.63) is 63.6 Å². The maximum Gasteiger partial charge on any atom is 0.387 e. The van der Waals surface area contributed by atoms with Gasteiger partial charge in [0.15, 0.2) is 0 Å². The minimum absolute atomic E-state index is 0.215. The van der Waals surface area contributed by atoms with Crippen LogP contribution in [-0.4, -0.2) is 6.61 Å². The average Bonchev–Trinajstić information content (AvgIpc) is 2.44. The van der Waals surface area contributed by atoms with Crippen LogP contribution in [-0.2, 0) is 13.1 Å². The molecule has 0 aliphatic carbocycles. The van der Waals surface area contributed by atoms with E-state index in [-0.39, 0.29) is 5.75 Å². The summed E-state index contributed by atoms with van der Waals surface area (Å²) in [5, 5.41) is 3.24. The van der Waals surface area contributed by atoms with E-state index in [0.717, 1.165) is 15.6 Å². The predicted octanol–water partition coefficient (Wildman–Crippen LogP) is 4.65.